The molecule has 1 N–H and O–H groups in total. The van der Waals surface area contributed by atoms with E-state index in [2.05, 4.69) is 29.3 Å². The molecule has 2 rings (SSSR count). The average molecular weight is 323 g/mol. The first-order valence-corrected chi connectivity index (χ1v) is 6.42. The Morgan fingerprint density at radius 3 is 1.95 bits per heavy atom. The Kier molecular flexibility index (Phi) is 8.98. The van der Waals surface area contributed by atoms with Gasteiger partial charge in [0.15, 0.2) is 0 Å². The molecule has 1 atom stereocenters. The van der Waals surface area contributed by atoms with Crippen LogP contribution in [0.15, 0.2) is 18.2 Å². The van der Waals surface area contributed by atoms with E-state index in [4.69, 9.17) is 9.47 Å². The summed E-state index contributed by atoms with van der Waals surface area (Å²) in [5, 5.41) is 3.38. The van der Waals surface area contributed by atoms with Crippen molar-refractivity contribution >= 4 is 24.8 Å². The quantitative estimate of drug-likeness (QED) is 0.923. The Morgan fingerprint density at radius 2 is 1.50 bits per heavy atom. The van der Waals surface area contributed by atoms with Gasteiger partial charge in [0.1, 0.15) is 11.5 Å². The molecule has 1 heterocycles. The topological polar surface area (TPSA) is 33.7 Å². The first kappa shape index (κ1) is 19.3. The van der Waals surface area contributed by atoms with E-state index in [0.717, 1.165) is 37.7 Å². The highest BCUT2D eigenvalue weighted by Crippen LogP contribution is 2.29. The minimum atomic E-state index is 0. The fourth-order valence-electron chi connectivity index (χ4n) is 2.35. The van der Waals surface area contributed by atoms with Crippen LogP contribution in [0.2, 0.25) is 0 Å². The largest absolute Gasteiger partial charge is 0.497 e. The van der Waals surface area contributed by atoms with Gasteiger partial charge in [0.25, 0.3) is 0 Å². The fraction of sp³-hybridized carbons (Fsp3) is 0.571. The van der Waals surface area contributed by atoms with Gasteiger partial charge in [0.05, 0.1) is 14.2 Å². The molecule has 116 valence electrons. The molecule has 1 aliphatic rings. The summed E-state index contributed by atoms with van der Waals surface area (Å²) < 4.78 is 10.6. The second-order valence-corrected chi connectivity index (χ2v) is 4.61. The van der Waals surface area contributed by atoms with E-state index in [-0.39, 0.29) is 24.8 Å². The van der Waals surface area contributed by atoms with Crippen LogP contribution < -0.4 is 14.8 Å². The molecule has 0 spiro atoms. The van der Waals surface area contributed by atoms with Crippen LogP contribution in [0.3, 0.4) is 0 Å². The summed E-state index contributed by atoms with van der Waals surface area (Å²) in [6, 6.07) is 6.48. The molecular formula is C14H24Cl2N2O2. The zero-order valence-electron chi connectivity index (χ0n) is 12.2. The van der Waals surface area contributed by atoms with E-state index < -0.39 is 0 Å². The van der Waals surface area contributed by atoms with Crippen molar-refractivity contribution in [3.05, 3.63) is 23.8 Å². The summed E-state index contributed by atoms with van der Waals surface area (Å²) in [5.41, 5.74) is 1.24. The molecule has 0 aliphatic carbocycles. The third kappa shape index (κ3) is 4.70. The van der Waals surface area contributed by atoms with Crippen LogP contribution in [0.25, 0.3) is 0 Å². The van der Waals surface area contributed by atoms with Gasteiger partial charge in [-0.25, -0.2) is 0 Å². The minimum absolute atomic E-state index is 0. The Labute approximate surface area is 133 Å². The maximum Gasteiger partial charge on any atom is 0.122 e. The third-order valence-corrected chi connectivity index (χ3v) is 3.56. The average Bonchev–Trinajstić information content (AvgIpc) is 2.46. The highest BCUT2D eigenvalue weighted by molar-refractivity contribution is 5.85. The van der Waals surface area contributed by atoms with E-state index in [1.807, 2.05) is 6.07 Å². The maximum absolute atomic E-state index is 5.32. The lowest BCUT2D eigenvalue weighted by Crippen LogP contribution is -2.44. The van der Waals surface area contributed by atoms with Crippen molar-refractivity contribution in [2.24, 2.45) is 0 Å². The minimum Gasteiger partial charge on any atom is -0.497 e. The molecule has 6 heteroatoms. The molecule has 20 heavy (non-hydrogen) atoms. The summed E-state index contributed by atoms with van der Waals surface area (Å²) >= 11 is 0. The number of nitrogens with zero attached hydrogens (tertiary/aromatic N) is 1. The molecule has 0 amide bonds. The van der Waals surface area contributed by atoms with Gasteiger partial charge in [-0.15, -0.1) is 24.8 Å². The number of piperazine rings is 1. The number of ether oxygens (including phenoxy) is 2. The second kappa shape index (κ2) is 9.29. The molecule has 0 bridgehead atoms. The summed E-state index contributed by atoms with van der Waals surface area (Å²) in [5.74, 6) is 1.71. The van der Waals surface area contributed by atoms with Crippen molar-refractivity contribution in [3.8, 4) is 11.5 Å². The summed E-state index contributed by atoms with van der Waals surface area (Å²) in [6.45, 7) is 6.53. The monoisotopic (exact) mass is 322 g/mol. The molecule has 1 aromatic rings. The maximum atomic E-state index is 5.32. The highest BCUT2D eigenvalue weighted by atomic mass is 35.5. The third-order valence-electron chi connectivity index (χ3n) is 3.56. The Morgan fingerprint density at radius 1 is 1.00 bits per heavy atom. The standard InChI is InChI=1S/C14H22N2O2.2ClH/c1-11(16-6-4-15-5-7-16)12-8-13(17-2)10-14(9-12)18-3;;/h8-11,15H,4-7H2,1-3H3;2*1H/t11-;;/m1../s1. The van der Waals surface area contributed by atoms with Gasteiger partial charge < -0.3 is 14.8 Å². The molecule has 1 aliphatic heterocycles. The number of halogens is 2. The number of hydrogen-bond acceptors (Lipinski definition) is 4. The lowest BCUT2D eigenvalue weighted by atomic mass is 10.1. The van der Waals surface area contributed by atoms with Crippen molar-refractivity contribution in [2.45, 2.75) is 13.0 Å². The first-order valence-electron chi connectivity index (χ1n) is 6.42. The molecule has 1 aromatic carbocycles. The first-order chi connectivity index (χ1) is 8.74. The molecule has 4 nitrogen and oxygen atoms in total. The lowest BCUT2D eigenvalue weighted by molar-refractivity contribution is 0.185. The number of nitrogens with one attached hydrogen (secondary N) is 1. The number of benzene rings is 1. The molecule has 1 saturated heterocycles. The van der Waals surface area contributed by atoms with Crippen molar-refractivity contribution in [2.75, 3.05) is 40.4 Å². The Bertz CT molecular complexity index is 377. The fourth-order valence-corrected chi connectivity index (χ4v) is 2.35. The van der Waals surface area contributed by atoms with Crippen LogP contribution in [0, 0.1) is 0 Å². The van der Waals surface area contributed by atoms with Crippen molar-refractivity contribution in [1.29, 1.82) is 0 Å². The molecule has 0 saturated carbocycles. The SMILES string of the molecule is COc1cc(OC)cc([C@@H](C)N2CCNCC2)c1.Cl.Cl. The highest BCUT2D eigenvalue weighted by Gasteiger charge is 2.19. The van der Waals surface area contributed by atoms with Gasteiger partial charge in [-0.3, -0.25) is 4.90 Å². The van der Waals surface area contributed by atoms with Gasteiger partial charge in [0.2, 0.25) is 0 Å². The van der Waals surface area contributed by atoms with Gasteiger partial charge in [-0.05, 0) is 24.6 Å². The van der Waals surface area contributed by atoms with Crippen molar-refractivity contribution in [3.63, 3.8) is 0 Å². The predicted octanol–water partition coefficient (Wildman–Crippen LogP) is 2.51. The van der Waals surface area contributed by atoms with Gasteiger partial charge >= 0.3 is 0 Å². The Balaban J connectivity index is 0.00000180. The van der Waals surface area contributed by atoms with E-state index in [9.17, 15) is 0 Å². The number of methoxy groups -OCH3 is 2. The van der Waals surface area contributed by atoms with Crippen molar-refractivity contribution < 1.29 is 9.47 Å². The number of rotatable bonds is 4. The molecule has 0 radical (unpaired) electrons. The number of hydrogen-bond donors (Lipinski definition) is 1. The summed E-state index contributed by atoms with van der Waals surface area (Å²) in [7, 11) is 3.38. The van der Waals surface area contributed by atoms with Gasteiger partial charge in [-0.1, -0.05) is 0 Å². The van der Waals surface area contributed by atoms with Gasteiger partial charge in [-0.2, -0.15) is 0 Å². The van der Waals surface area contributed by atoms with Crippen LogP contribution in [0.4, 0.5) is 0 Å². The van der Waals surface area contributed by atoms with Crippen LogP contribution in [0.1, 0.15) is 18.5 Å². The normalized spacial score (nSPS) is 16.6. The van der Waals surface area contributed by atoms with Crippen LogP contribution >= 0.6 is 24.8 Å². The predicted molar refractivity (Wildman–Crippen MR) is 86.9 cm³/mol. The zero-order chi connectivity index (χ0) is 13.0. The molecule has 0 unspecified atom stereocenters. The van der Waals surface area contributed by atoms with E-state index in [1.54, 1.807) is 14.2 Å². The molecule has 0 aromatic heterocycles. The second-order valence-electron chi connectivity index (χ2n) is 4.61. The molecule has 1 fully saturated rings. The van der Waals surface area contributed by atoms with E-state index in [1.165, 1.54) is 5.56 Å². The Hall–Kier alpha value is -0.680. The van der Waals surface area contributed by atoms with Crippen molar-refractivity contribution in [1.82, 2.24) is 10.2 Å². The summed E-state index contributed by atoms with van der Waals surface area (Å²) in [4.78, 5) is 2.48. The van der Waals surface area contributed by atoms with Gasteiger partial charge in [0, 0.05) is 38.3 Å². The summed E-state index contributed by atoms with van der Waals surface area (Å²) in [6.07, 6.45) is 0. The lowest BCUT2D eigenvalue weighted by Gasteiger charge is -2.33. The van der Waals surface area contributed by atoms with E-state index >= 15 is 0 Å². The van der Waals surface area contributed by atoms with E-state index in [0.29, 0.717) is 6.04 Å². The molecular weight excluding hydrogens is 299 g/mol. The zero-order valence-corrected chi connectivity index (χ0v) is 13.9. The van der Waals surface area contributed by atoms with Crippen LogP contribution in [-0.4, -0.2) is 45.3 Å². The smallest absolute Gasteiger partial charge is 0.122 e. The van der Waals surface area contributed by atoms with Crippen LogP contribution in [0.5, 0.6) is 11.5 Å². The van der Waals surface area contributed by atoms with Crippen LogP contribution in [-0.2, 0) is 0 Å².